The zero-order valence-electron chi connectivity index (χ0n) is 23.6. The van der Waals surface area contributed by atoms with E-state index < -0.39 is 87.5 Å². The fourth-order valence-electron chi connectivity index (χ4n) is 3.62. The van der Waals surface area contributed by atoms with E-state index in [0.717, 1.165) is 58.5 Å². The van der Waals surface area contributed by atoms with Gasteiger partial charge in [-0.25, -0.2) is 0 Å². The lowest BCUT2D eigenvalue weighted by Gasteiger charge is -2.38. The van der Waals surface area contributed by atoms with E-state index in [4.69, 9.17) is 23.7 Å². The summed E-state index contributed by atoms with van der Waals surface area (Å²) in [6.07, 6.45) is -5.05. The van der Waals surface area contributed by atoms with Crippen LogP contribution in [-0.2, 0) is 47.7 Å². The highest BCUT2D eigenvalue weighted by Gasteiger charge is 2.47. The fourth-order valence-corrected chi connectivity index (χ4v) is 4.58. The van der Waals surface area contributed by atoms with Crippen LogP contribution in [0.25, 0.3) is 0 Å². The van der Waals surface area contributed by atoms with E-state index in [-0.39, 0.29) is 11.4 Å². The normalized spacial score (nSPS) is 14.1. The Balaban J connectivity index is 3.97. The lowest BCUT2D eigenvalue weighted by molar-refractivity contribution is -0.393. The second kappa shape index (κ2) is 16.7. The molecule has 0 saturated heterocycles. The number of nitrogens with one attached hydrogen (secondary N) is 1. The number of nitro groups is 2. The van der Waals surface area contributed by atoms with Crippen LogP contribution in [-0.4, -0.2) is 81.8 Å². The summed E-state index contributed by atoms with van der Waals surface area (Å²) in [5.41, 5.74) is -3.00. The Morgan fingerprint density at radius 2 is 1.36 bits per heavy atom. The monoisotopic (exact) mass is 617 g/mol. The average molecular weight is 618 g/mol. The van der Waals surface area contributed by atoms with Crippen LogP contribution in [0.3, 0.4) is 0 Å². The summed E-state index contributed by atoms with van der Waals surface area (Å²) in [5, 5.41) is 25.8. The number of carbonyl (C=O) groups is 5. The number of carbonyl (C=O) groups excluding carboxylic acids is 5. The number of esters is 5. The molecule has 0 aliphatic heterocycles. The SMILES string of the molecule is CCSC(OC(C)=O)C(Nc1ccc([N+](=O)[O-])cc1[N+](=O)[O-])C(OC(C)=O)C(OC(C)=O)C(COC(C)=O)OC(C)=O. The summed E-state index contributed by atoms with van der Waals surface area (Å²) in [4.78, 5) is 81.4. The topological polar surface area (TPSA) is 230 Å². The number of nitro benzene ring substituents is 2. The van der Waals surface area contributed by atoms with Gasteiger partial charge in [-0.1, -0.05) is 6.92 Å². The van der Waals surface area contributed by atoms with Crippen molar-refractivity contribution in [3.63, 3.8) is 0 Å². The Morgan fingerprint density at radius 1 is 0.810 bits per heavy atom. The predicted molar refractivity (Wildman–Crippen MR) is 144 cm³/mol. The Bertz CT molecular complexity index is 1190. The summed E-state index contributed by atoms with van der Waals surface area (Å²) in [6.45, 7) is 6.13. The first-order valence-corrected chi connectivity index (χ1v) is 13.2. The molecule has 0 spiro atoms. The van der Waals surface area contributed by atoms with Gasteiger partial charge in [-0.15, -0.1) is 11.8 Å². The van der Waals surface area contributed by atoms with Crippen molar-refractivity contribution in [3.8, 4) is 0 Å². The summed E-state index contributed by atoms with van der Waals surface area (Å²) in [5.74, 6) is -4.14. The number of anilines is 1. The zero-order valence-corrected chi connectivity index (χ0v) is 24.4. The molecule has 0 aromatic heterocycles. The van der Waals surface area contributed by atoms with Crippen LogP contribution in [0.4, 0.5) is 17.1 Å². The van der Waals surface area contributed by atoms with Crippen molar-refractivity contribution < 1.29 is 57.5 Å². The molecule has 0 saturated carbocycles. The highest BCUT2D eigenvalue weighted by molar-refractivity contribution is 7.99. The van der Waals surface area contributed by atoms with Crippen molar-refractivity contribution in [1.82, 2.24) is 0 Å². The van der Waals surface area contributed by atoms with Crippen molar-refractivity contribution in [3.05, 3.63) is 38.4 Å². The van der Waals surface area contributed by atoms with Gasteiger partial charge in [0.2, 0.25) is 0 Å². The number of ether oxygens (including phenoxy) is 5. The third-order valence-corrected chi connectivity index (χ3v) is 6.09. The number of benzene rings is 1. The van der Waals surface area contributed by atoms with Crippen molar-refractivity contribution in [2.45, 2.75) is 71.3 Å². The van der Waals surface area contributed by atoms with Gasteiger partial charge >= 0.3 is 29.8 Å². The van der Waals surface area contributed by atoms with Gasteiger partial charge in [0.05, 0.1) is 15.9 Å². The minimum atomic E-state index is -1.74. The molecule has 0 aliphatic rings. The van der Waals surface area contributed by atoms with Crippen molar-refractivity contribution in [1.29, 1.82) is 0 Å². The van der Waals surface area contributed by atoms with Crippen molar-refractivity contribution in [2.75, 3.05) is 17.7 Å². The van der Waals surface area contributed by atoms with Crippen LogP contribution in [0.2, 0.25) is 0 Å². The fraction of sp³-hybridized carbons (Fsp3) is 0.542. The predicted octanol–water partition coefficient (Wildman–Crippen LogP) is 2.28. The van der Waals surface area contributed by atoms with Gasteiger partial charge < -0.3 is 29.0 Å². The molecule has 0 radical (unpaired) electrons. The van der Waals surface area contributed by atoms with Crippen LogP contribution in [0, 0.1) is 20.2 Å². The standard InChI is InChI=1S/C24H31N3O14S/c1-7-42-24(41-16(6)32)21(25-18-9-8-17(26(33)34)10-19(18)27(35)36)23(40-15(5)31)22(39-14(4)30)20(38-13(3)29)11-37-12(2)28/h8-10,20-25H,7,11H2,1-6H3. The van der Waals surface area contributed by atoms with E-state index in [1.165, 1.54) is 0 Å². The van der Waals surface area contributed by atoms with Crippen molar-refractivity contribution in [2.24, 2.45) is 0 Å². The molecule has 5 atom stereocenters. The van der Waals surface area contributed by atoms with E-state index >= 15 is 0 Å². The second-order valence-corrected chi connectivity index (χ2v) is 9.79. The molecular formula is C24H31N3O14S. The molecule has 0 fully saturated rings. The van der Waals surface area contributed by atoms with Crippen LogP contribution < -0.4 is 5.32 Å². The highest BCUT2D eigenvalue weighted by Crippen LogP contribution is 2.34. The van der Waals surface area contributed by atoms with Gasteiger partial charge in [-0.3, -0.25) is 44.2 Å². The zero-order chi connectivity index (χ0) is 32.1. The molecule has 42 heavy (non-hydrogen) atoms. The summed E-state index contributed by atoms with van der Waals surface area (Å²) in [6, 6.07) is 1.16. The van der Waals surface area contributed by atoms with Crippen molar-refractivity contribution >= 4 is 58.7 Å². The minimum absolute atomic E-state index is 0.282. The first-order chi connectivity index (χ1) is 19.6. The number of thioether (sulfide) groups is 1. The number of rotatable bonds is 16. The Kier molecular flexibility index (Phi) is 14.1. The molecule has 0 heterocycles. The van der Waals surface area contributed by atoms with Crippen LogP contribution >= 0.6 is 11.8 Å². The molecule has 0 bridgehead atoms. The maximum absolute atomic E-state index is 12.3. The molecule has 18 heteroatoms. The molecule has 5 unspecified atom stereocenters. The second-order valence-electron chi connectivity index (χ2n) is 8.42. The van der Waals surface area contributed by atoms with Gasteiger partial charge in [0.1, 0.15) is 18.3 Å². The Morgan fingerprint density at radius 3 is 1.81 bits per heavy atom. The van der Waals surface area contributed by atoms with E-state index in [1.807, 2.05) is 0 Å². The highest BCUT2D eigenvalue weighted by atomic mass is 32.2. The van der Waals surface area contributed by atoms with Crippen LogP contribution in [0.15, 0.2) is 18.2 Å². The first-order valence-electron chi connectivity index (χ1n) is 12.2. The van der Waals surface area contributed by atoms with Gasteiger partial charge in [0.15, 0.2) is 23.7 Å². The summed E-state index contributed by atoms with van der Waals surface area (Å²) >= 11 is 0.981. The maximum Gasteiger partial charge on any atom is 0.303 e. The van der Waals surface area contributed by atoms with Crippen LogP contribution in [0.1, 0.15) is 41.5 Å². The van der Waals surface area contributed by atoms with Gasteiger partial charge in [0.25, 0.3) is 11.4 Å². The van der Waals surface area contributed by atoms with Crippen LogP contribution in [0.5, 0.6) is 0 Å². The molecule has 232 valence electrons. The third kappa shape index (κ3) is 11.6. The molecular weight excluding hydrogens is 586 g/mol. The van der Waals surface area contributed by atoms with Gasteiger partial charge in [-0.05, 0) is 11.8 Å². The number of hydrogen-bond acceptors (Lipinski definition) is 16. The number of hydrogen-bond donors (Lipinski definition) is 1. The van der Waals surface area contributed by atoms with Gasteiger partial charge in [-0.2, -0.15) is 0 Å². The summed E-state index contributed by atoms with van der Waals surface area (Å²) in [7, 11) is 0. The van der Waals surface area contributed by atoms with E-state index in [2.05, 4.69) is 5.32 Å². The minimum Gasteiger partial charge on any atom is -0.462 e. The van der Waals surface area contributed by atoms with E-state index in [9.17, 15) is 44.2 Å². The maximum atomic E-state index is 12.3. The summed E-state index contributed by atoms with van der Waals surface area (Å²) < 4.78 is 26.5. The molecule has 0 amide bonds. The van der Waals surface area contributed by atoms with E-state index in [1.54, 1.807) is 6.92 Å². The quantitative estimate of drug-likeness (QED) is 0.0921. The molecule has 1 N–H and O–H groups in total. The molecule has 1 aromatic rings. The average Bonchev–Trinajstić information content (AvgIpc) is 2.86. The Labute approximate surface area is 243 Å². The molecule has 1 rings (SSSR count). The number of nitrogens with zero attached hydrogens (tertiary/aromatic N) is 2. The molecule has 0 aliphatic carbocycles. The first kappa shape index (κ1) is 35.5. The van der Waals surface area contributed by atoms with Gasteiger partial charge in [0, 0.05) is 40.7 Å². The third-order valence-electron chi connectivity index (χ3n) is 5.03. The van der Waals surface area contributed by atoms with E-state index in [0.29, 0.717) is 6.07 Å². The lowest BCUT2D eigenvalue weighted by atomic mass is 9.99. The number of non-ortho nitro benzene ring substituents is 1. The lowest BCUT2D eigenvalue weighted by Crippen LogP contribution is -2.57. The smallest absolute Gasteiger partial charge is 0.303 e. The largest absolute Gasteiger partial charge is 0.462 e. The molecule has 17 nitrogen and oxygen atoms in total. The Hall–Kier alpha value is -4.48. The molecule has 1 aromatic carbocycles.